The Labute approximate surface area is 246 Å². The predicted octanol–water partition coefficient (Wildman–Crippen LogP) is 4.75. The first kappa shape index (κ1) is 37.7. The van der Waals surface area contributed by atoms with Gasteiger partial charge in [0.1, 0.15) is 6.10 Å². The Morgan fingerprint density at radius 3 is 1.41 bits per heavy atom. The highest BCUT2D eigenvalue weighted by atomic mass is 16.8. The second-order valence-electron chi connectivity index (χ2n) is 11.7. The van der Waals surface area contributed by atoms with E-state index >= 15 is 0 Å². The quantitative estimate of drug-likeness (QED) is 0.0637. The molecule has 1 unspecified atom stereocenters. The first-order chi connectivity index (χ1) is 19.5. The fraction of sp³-hybridized carbons (Fsp3) is 0.935. The molecule has 0 radical (unpaired) electrons. The Hall–Kier alpha value is -1.30. The maximum atomic E-state index is 12.7. The number of carbonyl (C=O) groups excluding carboxylic acids is 2. The van der Waals surface area contributed by atoms with Crippen molar-refractivity contribution >= 4 is 11.9 Å². The minimum Gasteiger partial charge on any atom is -0.423 e. The molecule has 1 fully saturated rings. The van der Waals surface area contributed by atoms with E-state index < -0.39 is 48.1 Å². The molecule has 5 N–H and O–H groups in total. The summed E-state index contributed by atoms with van der Waals surface area (Å²) >= 11 is 0. The number of carbonyl (C=O) groups is 2. The van der Waals surface area contributed by atoms with Crippen LogP contribution in [0.25, 0.3) is 0 Å². The van der Waals surface area contributed by atoms with Crippen LogP contribution in [0, 0.1) is 0 Å². The maximum absolute atomic E-state index is 12.7. The molecular weight excluding hydrogens is 532 g/mol. The van der Waals surface area contributed by atoms with Crippen molar-refractivity contribution in [3.05, 3.63) is 0 Å². The summed E-state index contributed by atoms with van der Waals surface area (Å²) in [6, 6.07) is 0. The smallest absolute Gasteiger partial charge is 0.334 e. The Kier molecular flexibility index (Phi) is 18.2. The predicted molar refractivity (Wildman–Crippen MR) is 154 cm³/mol. The molecule has 0 saturated carbocycles. The first-order valence-electron chi connectivity index (χ1n) is 16.1. The maximum Gasteiger partial charge on any atom is 0.334 e. The van der Waals surface area contributed by atoms with Crippen LogP contribution in [-0.2, 0) is 23.8 Å². The summed E-state index contributed by atoms with van der Waals surface area (Å²) in [5.74, 6) is -11.4. The van der Waals surface area contributed by atoms with E-state index in [1.807, 2.05) is 0 Å². The lowest BCUT2D eigenvalue weighted by atomic mass is 9.85. The van der Waals surface area contributed by atoms with Gasteiger partial charge in [0.25, 0.3) is 0 Å². The van der Waals surface area contributed by atoms with Crippen molar-refractivity contribution in [3.63, 3.8) is 0 Å². The minimum absolute atomic E-state index is 0.125. The largest absolute Gasteiger partial charge is 0.423 e. The van der Waals surface area contributed by atoms with Gasteiger partial charge in [-0.15, -0.1) is 0 Å². The molecule has 242 valence electrons. The molecule has 10 nitrogen and oxygen atoms in total. The molecule has 0 aromatic heterocycles. The van der Waals surface area contributed by atoms with Gasteiger partial charge in [-0.25, -0.2) is 0 Å². The lowest BCUT2D eigenvalue weighted by Gasteiger charge is -2.54. The van der Waals surface area contributed by atoms with Gasteiger partial charge < -0.3 is 39.7 Å². The SMILES string of the molecule is CCCCCCCCCCCC(=O)O[C@@]1(O)[C@@H](O)[C@@H](CO)OC(C)(O)[C@@]1(O)OC(=O)CCCCCCCCCCC. The van der Waals surface area contributed by atoms with Crippen LogP contribution in [0.1, 0.15) is 149 Å². The lowest BCUT2D eigenvalue weighted by Crippen LogP contribution is -2.81. The van der Waals surface area contributed by atoms with Crippen molar-refractivity contribution in [2.45, 2.75) is 179 Å². The van der Waals surface area contributed by atoms with Crippen LogP contribution in [0.5, 0.6) is 0 Å². The minimum atomic E-state index is -3.35. The first-order valence-corrected chi connectivity index (χ1v) is 16.1. The normalized spacial score (nSPS) is 28.0. The second kappa shape index (κ2) is 19.8. The van der Waals surface area contributed by atoms with Gasteiger partial charge in [-0.1, -0.05) is 117 Å². The van der Waals surface area contributed by atoms with Crippen molar-refractivity contribution < 1.29 is 49.3 Å². The number of rotatable bonds is 23. The van der Waals surface area contributed by atoms with Gasteiger partial charge >= 0.3 is 23.5 Å². The van der Waals surface area contributed by atoms with Gasteiger partial charge in [0.2, 0.25) is 5.79 Å². The molecule has 41 heavy (non-hydrogen) atoms. The fourth-order valence-electron chi connectivity index (χ4n) is 5.26. The Morgan fingerprint density at radius 1 is 0.659 bits per heavy atom. The van der Waals surface area contributed by atoms with Gasteiger partial charge in [0.05, 0.1) is 6.61 Å². The van der Waals surface area contributed by atoms with Crippen LogP contribution in [0.15, 0.2) is 0 Å². The van der Waals surface area contributed by atoms with E-state index in [0.29, 0.717) is 12.8 Å². The number of aliphatic hydroxyl groups excluding tert-OH is 2. The molecule has 1 aliphatic rings. The van der Waals surface area contributed by atoms with Crippen LogP contribution < -0.4 is 0 Å². The van der Waals surface area contributed by atoms with E-state index in [2.05, 4.69) is 13.8 Å². The van der Waals surface area contributed by atoms with Gasteiger partial charge in [0.15, 0.2) is 6.10 Å². The standard InChI is InChI=1S/C31H58O10/c1-4-6-8-10-12-14-16-18-20-22-26(33)40-30(37)28(35)25(24-32)39-29(3,36)31(30,38)41-27(34)23-21-19-17-15-13-11-9-7-5-2/h25,28,32,35-38H,4-24H2,1-3H3/t25-,28+,29?,30+,31-/m1/s1. The number of hydrogen-bond donors (Lipinski definition) is 5. The molecule has 0 aromatic carbocycles. The Bertz CT molecular complexity index is 730. The third-order valence-corrected chi connectivity index (χ3v) is 7.93. The molecule has 1 aliphatic heterocycles. The van der Waals surface area contributed by atoms with E-state index in [-0.39, 0.29) is 12.8 Å². The Morgan fingerprint density at radius 2 is 1.02 bits per heavy atom. The summed E-state index contributed by atoms with van der Waals surface area (Å²) in [5, 5.41) is 53.8. The molecule has 0 aliphatic carbocycles. The second-order valence-corrected chi connectivity index (χ2v) is 11.7. The van der Waals surface area contributed by atoms with Gasteiger partial charge in [-0.3, -0.25) is 9.59 Å². The number of hydrogen-bond acceptors (Lipinski definition) is 10. The summed E-state index contributed by atoms with van der Waals surface area (Å²) in [4.78, 5) is 25.3. The van der Waals surface area contributed by atoms with Crippen LogP contribution in [-0.4, -0.2) is 73.6 Å². The zero-order valence-electron chi connectivity index (χ0n) is 25.8. The van der Waals surface area contributed by atoms with Crippen molar-refractivity contribution in [2.24, 2.45) is 0 Å². The summed E-state index contributed by atoms with van der Waals surface area (Å²) in [7, 11) is 0. The average molecular weight is 591 g/mol. The average Bonchev–Trinajstić information content (AvgIpc) is 2.92. The summed E-state index contributed by atoms with van der Waals surface area (Å²) in [5.41, 5.74) is 0. The number of ether oxygens (including phenoxy) is 3. The molecule has 10 heteroatoms. The van der Waals surface area contributed by atoms with Crippen molar-refractivity contribution in [1.29, 1.82) is 0 Å². The molecule has 0 bridgehead atoms. The number of unbranched alkanes of at least 4 members (excludes halogenated alkanes) is 16. The highest BCUT2D eigenvalue weighted by Crippen LogP contribution is 2.45. The highest BCUT2D eigenvalue weighted by molar-refractivity contribution is 5.71. The van der Waals surface area contributed by atoms with E-state index in [1.165, 1.54) is 51.4 Å². The molecule has 1 saturated heterocycles. The molecule has 1 heterocycles. The summed E-state index contributed by atoms with van der Waals surface area (Å²) in [6.07, 6.45) is 14.2. The zero-order chi connectivity index (χ0) is 30.8. The lowest BCUT2D eigenvalue weighted by molar-refractivity contribution is -0.507. The van der Waals surface area contributed by atoms with Gasteiger partial charge in [-0.2, -0.15) is 0 Å². The molecule has 0 aromatic rings. The molecular formula is C31H58O10. The van der Waals surface area contributed by atoms with Crippen LogP contribution in [0.3, 0.4) is 0 Å². The molecule has 0 amide bonds. The third kappa shape index (κ3) is 12.1. The van der Waals surface area contributed by atoms with Gasteiger partial charge in [0, 0.05) is 12.8 Å². The highest BCUT2D eigenvalue weighted by Gasteiger charge is 2.75. The van der Waals surface area contributed by atoms with Crippen LogP contribution >= 0.6 is 0 Å². The fourth-order valence-corrected chi connectivity index (χ4v) is 5.26. The van der Waals surface area contributed by atoms with Crippen LogP contribution in [0.4, 0.5) is 0 Å². The summed E-state index contributed by atoms with van der Waals surface area (Å²) in [6.45, 7) is 4.36. The number of aliphatic hydroxyl groups is 5. The van der Waals surface area contributed by atoms with E-state index in [4.69, 9.17) is 14.2 Å². The van der Waals surface area contributed by atoms with Crippen molar-refractivity contribution in [1.82, 2.24) is 0 Å². The van der Waals surface area contributed by atoms with Gasteiger partial charge in [-0.05, 0) is 19.8 Å². The third-order valence-electron chi connectivity index (χ3n) is 7.93. The molecule has 0 spiro atoms. The monoisotopic (exact) mass is 590 g/mol. The topological polar surface area (TPSA) is 163 Å². The molecule has 1 rings (SSSR count). The van der Waals surface area contributed by atoms with E-state index in [9.17, 15) is 35.1 Å². The summed E-state index contributed by atoms with van der Waals surface area (Å²) < 4.78 is 15.4. The number of esters is 2. The van der Waals surface area contributed by atoms with E-state index in [0.717, 1.165) is 58.3 Å². The van der Waals surface area contributed by atoms with Crippen molar-refractivity contribution in [3.8, 4) is 0 Å². The van der Waals surface area contributed by atoms with E-state index in [1.54, 1.807) is 0 Å². The van der Waals surface area contributed by atoms with Crippen LogP contribution in [0.2, 0.25) is 0 Å². The molecule has 5 atom stereocenters. The zero-order valence-corrected chi connectivity index (χ0v) is 25.8. The Balaban J connectivity index is 2.70. The van der Waals surface area contributed by atoms with Crippen molar-refractivity contribution in [2.75, 3.05) is 6.61 Å².